The standard InChI is InChI=1S/C20H30N6O2/c1-4-25(5-2)20(19-21-22-23-26(19)16-8-6-7-9-16)11-12-24(14-20)18(27)17-10-13-28-15(17)3/h10,13,16H,4-9,11-12,14H2,1-3H3. The molecular weight excluding hydrogens is 356 g/mol. The largest absolute Gasteiger partial charge is 0.469 e. The van der Waals surface area contributed by atoms with Crippen LogP contribution in [0.2, 0.25) is 0 Å². The van der Waals surface area contributed by atoms with Gasteiger partial charge in [0, 0.05) is 13.1 Å². The van der Waals surface area contributed by atoms with E-state index in [1.165, 1.54) is 12.8 Å². The molecule has 3 heterocycles. The average Bonchev–Trinajstić information content (AvgIpc) is 3.47. The van der Waals surface area contributed by atoms with E-state index in [0.29, 0.717) is 30.5 Å². The highest BCUT2D eigenvalue weighted by Gasteiger charge is 2.49. The molecule has 152 valence electrons. The van der Waals surface area contributed by atoms with Crippen molar-refractivity contribution >= 4 is 5.91 Å². The smallest absolute Gasteiger partial charge is 0.257 e. The van der Waals surface area contributed by atoms with E-state index < -0.39 is 0 Å². The molecule has 2 aromatic rings. The summed E-state index contributed by atoms with van der Waals surface area (Å²) in [5.41, 5.74) is 0.300. The molecule has 1 amide bonds. The number of hydrogen-bond donors (Lipinski definition) is 0. The second kappa shape index (κ2) is 7.66. The lowest BCUT2D eigenvalue weighted by molar-refractivity contribution is 0.0659. The Morgan fingerprint density at radius 3 is 2.71 bits per heavy atom. The van der Waals surface area contributed by atoms with Crippen molar-refractivity contribution in [3.8, 4) is 0 Å². The molecule has 28 heavy (non-hydrogen) atoms. The van der Waals surface area contributed by atoms with Gasteiger partial charge in [-0.25, -0.2) is 4.68 Å². The first-order chi connectivity index (χ1) is 13.6. The number of nitrogens with zero attached hydrogens (tertiary/aromatic N) is 6. The minimum Gasteiger partial charge on any atom is -0.469 e. The minimum atomic E-state index is -0.344. The van der Waals surface area contributed by atoms with Crippen LogP contribution < -0.4 is 0 Å². The van der Waals surface area contributed by atoms with Crippen molar-refractivity contribution in [3.63, 3.8) is 0 Å². The third kappa shape index (κ3) is 3.03. The molecule has 1 saturated heterocycles. The molecule has 1 aliphatic carbocycles. The van der Waals surface area contributed by atoms with Crippen LogP contribution in [0.15, 0.2) is 16.7 Å². The summed E-state index contributed by atoms with van der Waals surface area (Å²) in [6.45, 7) is 9.24. The molecular formula is C20H30N6O2. The highest BCUT2D eigenvalue weighted by Crippen LogP contribution is 2.40. The number of carbonyl (C=O) groups is 1. The van der Waals surface area contributed by atoms with Gasteiger partial charge in [0.15, 0.2) is 5.82 Å². The normalized spacial score (nSPS) is 23.2. The Balaban J connectivity index is 1.69. The van der Waals surface area contributed by atoms with Crippen LogP contribution in [0.25, 0.3) is 0 Å². The Morgan fingerprint density at radius 2 is 2.07 bits per heavy atom. The lowest BCUT2D eigenvalue weighted by Gasteiger charge is -2.39. The summed E-state index contributed by atoms with van der Waals surface area (Å²) in [4.78, 5) is 17.5. The predicted octanol–water partition coefficient (Wildman–Crippen LogP) is 2.77. The first-order valence-corrected chi connectivity index (χ1v) is 10.5. The van der Waals surface area contributed by atoms with Crippen molar-refractivity contribution in [2.45, 2.75) is 64.5 Å². The van der Waals surface area contributed by atoms with Gasteiger partial charge in [-0.1, -0.05) is 26.7 Å². The summed E-state index contributed by atoms with van der Waals surface area (Å²) in [7, 11) is 0. The molecule has 0 bridgehead atoms. The Hall–Kier alpha value is -2.22. The van der Waals surface area contributed by atoms with E-state index in [9.17, 15) is 4.79 Å². The predicted molar refractivity (Wildman–Crippen MR) is 104 cm³/mol. The van der Waals surface area contributed by atoms with Gasteiger partial charge in [-0.15, -0.1) is 5.10 Å². The van der Waals surface area contributed by atoms with E-state index in [2.05, 4.69) is 39.0 Å². The molecule has 2 aromatic heterocycles. The van der Waals surface area contributed by atoms with Crippen molar-refractivity contribution in [2.24, 2.45) is 0 Å². The van der Waals surface area contributed by atoms with Crippen LogP contribution in [0.5, 0.6) is 0 Å². The van der Waals surface area contributed by atoms with Gasteiger partial charge in [0.2, 0.25) is 0 Å². The van der Waals surface area contributed by atoms with Gasteiger partial charge < -0.3 is 9.32 Å². The molecule has 1 aliphatic heterocycles. The first-order valence-electron chi connectivity index (χ1n) is 10.5. The Morgan fingerprint density at radius 1 is 1.32 bits per heavy atom. The summed E-state index contributed by atoms with van der Waals surface area (Å²) >= 11 is 0. The first kappa shape index (κ1) is 19.1. The van der Waals surface area contributed by atoms with Gasteiger partial charge in [-0.2, -0.15) is 0 Å². The topological polar surface area (TPSA) is 80.3 Å². The molecule has 8 heteroatoms. The zero-order valence-electron chi connectivity index (χ0n) is 17.1. The van der Waals surface area contributed by atoms with Gasteiger partial charge in [0.05, 0.1) is 17.9 Å². The lowest BCUT2D eigenvalue weighted by atomic mass is 9.94. The van der Waals surface area contributed by atoms with Crippen molar-refractivity contribution in [1.29, 1.82) is 0 Å². The summed E-state index contributed by atoms with van der Waals surface area (Å²) < 4.78 is 7.41. The molecule has 1 unspecified atom stereocenters. The number of furan rings is 1. The minimum absolute atomic E-state index is 0.0279. The van der Waals surface area contributed by atoms with Crippen LogP contribution in [0.4, 0.5) is 0 Å². The molecule has 4 rings (SSSR count). The lowest BCUT2D eigenvalue weighted by Crippen LogP contribution is -2.50. The number of likely N-dealkylation sites (N-methyl/N-ethyl adjacent to an activating group) is 1. The van der Waals surface area contributed by atoms with Crippen LogP contribution in [-0.4, -0.2) is 62.1 Å². The molecule has 1 atom stereocenters. The van der Waals surface area contributed by atoms with Gasteiger partial charge >= 0.3 is 0 Å². The molecule has 0 N–H and O–H groups in total. The number of carbonyl (C=O) groups excluding carboxylic acids is 1. The summed E-state index contributed by atoms with van der Waals surface area (Å²) in [5, 5.41) is 13.0. The Kier molecular flexibility index (Phi) is 5.23. The number of likely N-dealkylation sites (tertiary alicyclic amines) is 1. The van der Waals surface area contributed by atoms with E-state index in [4.69, 9.17) is 4.42 Å². The Bertz CT molecular complexity index is 820. The maximum Gasteiger partial charge on any atom is 0.257 e. The van der Waals surface area contributed by atoms with E-state index in [0.717, 1.165) is 38.2 Å². The second-order valence-electron chi connectivity index (χ2n) is 7.96. The maximum absolute atomic E-state index is 13.1. The van der Waals surface area contributed by atoms with E-state index in [1.54, 1.807) is 12.3 Å². The fourth-order valence-electron chi connectivity index (χ4n) is 5.05. The van der Waals surface area contributed by atoms with Crippen molar-refractivity contribution in [1.82, 2.24) is 30.0 Å². The monoisotopic (exact) mass is 386 g/mol. The van der Waals surface area contributed by atoms with E-state index >= 15 is 0 Å². The second-order valence-corrected chi connectivity index (χ2v) is 7.96. The van der Waals surface area contributed by atoms with Crippen molar-refractivity contribution < 1.29 is 9.21 Å². The summed E-state index contributed by atoms with van der Waals surface area (Å²) in [5.74, 6) is 1.61. The fraction of sp³-hybridized carbons (Fsp3) is 0.700. The Labute approximate surface area is 165 Å². The number of amides is 1. The zero-order chi connectivity index (χ0) is 19.7. The van der Waals surface area contributed by atoms with Crippen molar-refractivity contribution in [2.75, 3.05) is 26.2 Å². The number of aryl methyl sites for hydroxylation is 1. The van der Waals surface area contributed by atoms with Gasteiger partial charge in [0.1, 0.15) is 11.3 Å². The molecule has 2 fully saturated rings. The zero-order valence-corrected chi connectivity index (χ0v) is 17.1. The van der Waals surface area contributed by atoms with Crippen molar-refractivity contribution in [3.05, 3.63) is 29.5 Å². The third-order valence-electron chi connectivity index (χ3n) is 6.57. The molecule has 0 radical (unpaired) electrons. The highest BCUT2D eigenvalue weighted by molar-refractivity contribution is 5.95. The third-order valence-corrected chi connectivity index (χ3v) is 6.57. The van der Waals surface area contributed by atoms with Crippen LogP contribution in [0.1, 0.15) is 73.9 Å². The van der Waals surface area contributed by atoms with Gasteiger partial charge in [-0.3, -0.25) is 9.69 Å². The maximum atomic E-state index is 13.1. The summed E-state index contributed by atoms with van der Waals surface area (Å²) in [6, 6.07) is 2.14. The molecule has 0 aromatic carbocycles. The van der Waals surface area contributed by atoms with Gasteiger partial charge in [-0.05, 0) is 55.8 Å². The molecule has 0 spiro atoms. The van der Waals surface area contributed by atoms with Crippen LogP contribution in [-0.2, 0) is 5.54 Å². The number of aromatic nitrogens is 4. The fourth-order valence-corrected chi connectivity index (χ4v) is 5.05. The van der Waals surface area contributed by atoms with E-state index in [1.807, 2.05) is 11.8 Å². The number of hydrogen-bond acceptors (Lipinski definition) is 6. The number of tetrazole rings is 1. The van der Waals surface area contributed by atoms with Gasteiger partial charge in [0.25, 0.3) is 5.91 Å². The summed E-state index contributed by atoms with van der Waals surface area (Å²) in [6.07, 6.45) is 7.13. The molecule has 1 saturated carbocycles. The molecule has 8 nitrogen and oxygen atoms in total. The highest BCUT2D eigenvalue weighted by atomic mass is 16.3. The molecule has 2 aliphatic rings. The van der Waals surface area contributed by atoms with Crippen LogP contribution in [0.3, 0.4) is 0 Å². The SMILES string of the molecule is CCN(CC)C1(c2nnnn2C2CCCC2)CCN(C(=O)c2ccoc2C)C1. The van der Waals surface area contributed by atoms with E-state index in [-0.39, 0.29) is 11.4 Å². The average molecular weight is 387 g/mol. The van der Waals surface area contributed by atoms with Crippen LogP contribution in [0, 0.1) is 6.92 Å². The van der Waals surface area contributed by atoms with Crippen LogP contribution >= 0.6 is 0 Å². The quantitative estimate of drug-likeness (QED) is 0.759. The number of rotatable bonds is 6.